The topological polar surface area (TPSA) is 53.3 Å². The Kier molecular flexibility index (Phi) is 5.39. The lowest BCUT2D eigenvalue weighted by Gasteiger charge is -2.27. The van der Waals surface area contributed by atoms with Gasteiger partial charge >= 0.3 is 0 Å². The van der Waals surface area contributed by atoms with Gasteiger partial charge < -0.3 is 19.9 Å². The normalized spacial score (nSPS) is 18.9. The first-order valence-corrected chi connectivity index (χ1v) is 10.3. The van der Waals surface area contributed by atoms with Gasteiger partial charge in [0.2, 0.25) is 0 Å². The lowest BCUT2D eigenvalue weighted by molar-refractivity contribution is 0.223. The molecule has 0 saturated carbocycles. The number of hydrogen-bond acceptors (Lipinski definition) is 3. The van der Waals surface area contributed by atoms with Crippen LogP contribution in [0.1, 0.15) is 40.3 Å². The summed E-state index contributed by atoms with van der Waals surface area (Å²) in [6.45, 7) is 6.90. The molecular weight excluding hydrogens is 380 g/mol. The highest BCUT2D eigenvalue weighted by atomic mass is 32.1. The Hall–Kier alpha value is -2.70. The molecule has 1 aromatic carbocycles. The van der Waals surface area contributed by atoms with Crippen LogP contribution in [0.4, 0.5) is 0 Å². The van der Waals surface area contributed by atoms with E-state index in [9.17, 15) is 5.11 Å². The average Bonchev–Trinajstić information content (AvgIpc) is 3.20. The zero-order chi connectivity index (χ0) is 20.5. The Morgan fingerprint density at radius 2 is 1.86 bits per heavy atom. The van der Waals surface area contributed by atoms with Gasteiger partial charge in [-0.25, -0.2) is 0 Å². The molecule has 0 amide bonds. The van der Waals surface area contributed by atoms with E-state index in [-0.39, 0.29) is 18.7 Å². The molecule has 6 heteroatoms. The number of rotatable bonds is 5. The number of aryl methyl sites for hydroxylation is 2. The van der Waals surface area contributed by atoms with Gasteiger partial charge in [0, 0.05) is 29.8 Å². The van der Waals surface area contributed by atoms with Crippen molar-refractivity contribution in [1.82, 2.24) is 19.8 Å². The summed E-state index contributed by atoms with van der Waals surface area (Å²) >= 11 is 5.62. The molecule has 3 heterocycles. The Morgan fingerprint density at radius 1 is 1.10 bits per heavy atom. The van der Waals surface area contributed by atoms with Gasteiger partial charge in [0.1, 0.15) is 0 Å². The first-order valence-electron chi connectivity index (χ1n) is 9.86. The van der Waals surface area contributed by atoms with Gasteiger partial charge in [-0.2, -0.15) is 0 Å². The minimum atomic E-state index is -0.0674. The molecule has 5 nitrogen and oxygen atoms in total. The van der Waals surface area contributed by atoms with Crippen molar-refractivity contribution in [3.63, 3.8) is 0 Å². The third-order valence-electron chi connectivity index (χ3n) is 5.62. The number of nitrogens with zero attached hydrogens (tertiary/aromatic N) is 3. The van der Waals surface area contributed by atoms with Crippen LogP contribution in [-0.4, -0.2) is 37.8 Å². The van der Waals surface area contributed by atoms with Crippen molar-refractivity contribution in [2.24, 2.45) is 0 Å². The van der Waals surface area contributed by atoms with Crippen molar-refractivity contribution in [3.05, 3.63) is 82.9 Å². The minimum absolute atomic E-state index is 0.0325. The van der Waals surface area contributed by atoms with E-state index in [4.69, 9.17) is 12.2 Å². The standard InChI is InChI=1S/C23H26N4OS/c1-15-7-9-18(10-8-15)27-16(2)14-19(17(27)3)22-21(20-6-4-5-11-24-20)25-23(29)26(22)12-13-28/h4-11,14,21-22,28H,12-13H2,1-3H3,(H,25,29)/t21-,22-/m1/s1. The largest absolute Gasteiger partial charge is 0.395 e. The van der Waals surface area contributed by atoms with Crippen molar-refractivity contribution >= 4 is 17.3 Å². The first-order chi connectivity index (χ1) is 14.0. The van der Waals surface area contributed by atoms with E-state index in [2.05, 4.69) is 70.9 Å². The lowest BCUT2D eigenvalue weighted by Crippen LogP contribution is -2.32. The fourth-order valence-corrected chi connectivity index (χ4v) is 4.60. The molecule has 2 N–H and O–H groups in total. The van der Waals surface area contributed by atoms with Gasteiger partial charge in [-0.15, -0.1) is 0 Å². The van der Waals surface area contributed by atoms with E-state index in [1.165, 1.54) is 22.5 Å². The summed E-state index contributed by atoms with van der Waals surface area (Å²) in [7, 11) is 0. The van der Waals surface area contributed by atoms with Crippen LogP contribution in [0.15, 0.2) is 54.7 Å². The quantitative estimate of drug-likeness (QED) is 0.632. The predicted octanol–water partition coefficient (Wildman–Crippen LogP) is 3.76. The second kappa shape index (κ2) is 7.97. The molecular formula is C23H26N4OS. The molecule has 29 heavy (non-hydrogen) atoms. The van der Waals surface area contributed by atoms with Crippen LogP contribution < -0.4 is 5.32 Å². The third kappa shape index (κ3) is 3.54. The molecule has 2 atom stereocenters. The maximum atomic E-state index is 9.65. The van der Waals surface area contributed by atoms with Gasteiger partial charge in [-0.3, -0.25) is 4.98 Å². The molecule has 1 fully saturated rings. The van der Waals surface area contributed by atoms with Crippen LogP contribution in [0.5, 0.6) is 0 Å². The molecule has 0 radical (unpaired) electrons. The Bertz CT molecular complexity index is 1010. The fraction of sp³-hybridized carbons (Fsp3) is 0.304. The number of pyridine rings is 1. The van der Waals surface area contributed by atoms with Crippen LogP contribution in [0.2, 0.25) is 0 Å². The van der Waals surface area contributed by atoms with E-state index in [0.717, 1.165) is 11.4 Å². The maximum absolute atomic E-state index is 9.65. The van der Waals surface area contributed by atoms with E-state index in [1.54, 1.807) is 6.20 Å². The summed E-state index contributed by atoms with van der Waals surface area (Å²) in [5, 5.41) is 13.7. The van der Waals surface area contributed by atoms with Crippen molar-refractivity contribution in [2.75, 3.05) is 13.2 Å². The first kappa shape index (κ1) is 19.6. The highest BCUT2D eigenvalue weighted by Gasteiger charge is 2.41. The van der Waals surface area contributed by atoms with Crippen LogP contribution in [-0.2, 0) is 0 Å². The molecule has 1 aliphatic heterocycles. The summed E-state index contributed by atoms with van der Waals surface area (Å²) in [4.78, 5) is 6.65. The van der Waals surface area contributed by atoms with Gasteiger partial charge in [0.15, 0.2) is 5.11 Å². The Morgan fingerprint density at radius 3 is 2.52 bits per heavy atom. The molecule has 0 aliphatic carbocycles. The third-order valence-corrected chi connectivity index (χ3v) is 5.97. The summed E-state index contributed by atoms with van der Waals surface area (Å²) in [6.07, 6.45) is 1.81. The molecule has 4 rings (SSSR count). The monoisotopic (exact) mass is 406 g/mol. The fourth-order valence-electron chi connectivity index (χ4n) is 4.27. The van der Waals surface area contributed by atoms with Gasteiger partial charge in [-0.05, 0) is 68.9 Å². The van der Waals surface area contributed by atoms with Crippen molar-refractivity contribution in [2.45, 2.75) is 32.9 Å². The molecule has 0 spiro atoms. The van der Waals surface area contributed by atoms with E-state index in [1.807, 2.05) is 18.2 Å². The number of aromatic nitrogens is 2. The van der Waals surface area contributed by atoms with Crippen molar-refractivity contribution in [1.29, 1.82) is 0 Å². The summed E-state index contributed by atoms with van der Waals surface area (Å²) < 4.78 is 2.28. The molecule has 2 aromatic heterocycles. The van der Waals surface area contributed by atoms with Crippen molar-refractivity contribution in [3.8, 4) is 5.69 Å². The summed E-state index contributed by atoms with van der Waals surface area (Å²) in [6, 6.07) is 16.6. The minimum Gasteiger partial charge on any atom is -0.395 e. The molecule has 0 unspecified atom stereocenters. The number of β-amino-alcohol motifs (C(OH)–C–C–N with tert-alkyl or cyclic N) is 1. The van der Waals surface area contributed by atoms with Crippen LogP contribution in [0.25, 0.3) is 5.69 Å². The Labute approximate surface area is 177 Å². The second-order valence-electron chi connectivity index (χ2n) is 7.54. The number of benzene rings is 1. The SMILES string of the molecule is Cc1ccc(-n2c(C)cc([C@@H]3[C@@H](c4ccccn4)NC(=S)N3CCO)c2C)cc1. The summed E-state index contributed by atoms with van der Waals surface area (Å²) in [5.74, 6) is 0. The Balaban J connectivity index is 1.82. The zero-order valence-corrected chi connectivity index (χ0v) is 17.8. The second-order valence-corrected chi connectivity index (χ2v) is 7.93. The van der Waals surface area contributed by atoms with E-state index < -0.39 is 0 Å². The lowest BCUT2D eigenvalue weighted by atomic mass is 9.97. The van der Waals surface area contributed by atoms with Crippen LogP contribution in [0.3, 0.4) is 0 Å². The summed E-state index contributed by atoms with van der Waals surface area (Å²) in [5.41, 5.74) is 6.87. The number of aliphatic hydroxyl groups excluding tert-OH is 1. The maximum Gasteiger partial charge on any atom is 0.170 e. The van der Waals surface area contributed by atoms with Crippen LogP contribution in [0, 0.1) is 20.8 Å². The van der Waals surface area contributed by atoms with E-state index in [0.29, 0.717) is 11.7 Å². The van der Waals surface area contributed by atoms with Crippen molar-refractivity contribution < 1.29 is 5.11 Å². The highest BCUT2D eigenvalue weighted by molar-refractivity contribution is 7.80. The van der Waals surface area contributed by atoms with Gasteiger partial charge in [0.05, 0.1) is 24.4 Å². The molecule has 150 valence electrons. The number of aliphatic hydroxyl groups is 1. The molecule has 1 aliphatic rings. The van der Waals surface area contributed by atoms with Gasteiger partial charge in [0.25, 0.3) is 0 Å². The average molecular weight is 407 g/mol. The molecule has 0 bridgehead atoms. The number of hydrogen-bond donors (Lipinski definition) is 2. The van der Waals surface area contributed by atoms with Gasteiger partial charge in [-0.1, -0.05) is 23.8 Å². The number of thiocarbonyl (C=S) groups is 1. The highest BCUT2D eigenvalue weighted by Crippen LogP contribution is 2.41. The predicted molar refractivity (Wildman–Crippen MR) is 119 cm³/mol. The smallest absolute Gasteiger partial charge is 0.170 e. The van der Waals surface area contributed by atoms with Crippen LogP contribution >= 0.6 is 12.2 Å². The molecule has 1 saturated heterocycles. The zero-order valence-electron chi connectivity index (χ0n) is 17.0. The van der Waals surface area contributed by atoms with E-state index >= 15 is 0 Å². The molecule has 3 aromatic rings. The number of nitrogens with one attached hydrogen (secondary N) is 1.